The molecular weight excluding hydrogens is 188 g/mol. The normalized spacial score (nSPS) is 10.6. The van der Waals surface area contributed by atoms with Crippen molar-refractivity contribution < 1.29 is 9.53 Å². The zero-order valence-corrected chi connectivity index (χ0v) is 9.40. The summed E-state index contributed by atoms with van der Waals surface area (Å²) in [5.74, 6) is 0.683. The molecule has 0 amide bonds. The Kier molecular flexibility index (Phi) is 5.05. The fourth-order valence-corrected chi connectivity index (χ4v) is 1.20. The van der Waals surface area contributed by atoms with E-state index in [-0.39, 0.29) is 0 Å². The van der Waals surface area contributed by atoms with Crippen LogP contribution in [-0.2, 0) is 11.3 Å². The van der Waals surface area contributed by atoms with E-state index < -0.39 is 0 Å². The highest BCUT2D eigenvalue weighted by molar-refractivity contribution is 5.74. The molecule has 0 aromatic heterocycles. The first-order chi connectivity index (χ1) is 7.22. The summed E-state index contributed by atoms with van der Waals surface area (Å²) in [7, 11) is 0. The smallest absolute Gasteiger partial charge is 0.150 e. The molecule has 1 aromatic rings. The van der Waals surface area contributed by atoms with Gasteiger partial charge in [0.2, 0.25) is 0 Å². The highest BCUT2D eigenvalue weighted by Gasteiger charge is 1.96. The largest absolute Gasteiger partial charge is 0.377 e. The quantitative estimate of drug-likeness (QED) is 0.528. The van der Waals surface area contributed by atoms with Gasteiger partial charge >= 0.3 is 0 Å². The summed E-state index contributed by atoms with van der Waals surface area (Å²) in [6.07, 6.45) is 1.94. The number of hydrogen-bond acceptors (Lipinski definition) is 2. The average molecular weight is 206 g/mol. The standard InChI is InChI=1S/C13H18O2/c1-11(2)7-8-15-10-13-5-3-12(9-14)4-6-13/h3-6,9,11H,7-8,10H2,1-2H3. The van der Waals surface area contributed by atoms with Gasteiger partial charge in [0.1, 0.15) is 6.29 Å². The third-order valence-electron chi connectivity index (χ3n) is 2.22. The Balaban J connectivity index is 2.28. The monoisotopic (exact) mass is 206 g/mol. The Morgan fingerprint density at radius 2 is 1.93 bits per heavy atom. The number of rotatable bonds is 6. The first-order valence-corrected chi connectivity index (χ1v) is 5.34. The van der Waals surface area contributed by atoms with E-state index in [1.165, 1.54) is 0 Å². The maximum atomic E-state index is 10.4. The van der Waals surface area contributed by atoms with Gasteiger partial charge in [-0.1, -0.05) is 38.1 Å². The van der Waals surface area contributed by atoms with Crippen LogP contribution < -0.4 is 0 Å². The molecule has 0 spiro atoms. The fourth-order valence-electron chi connectivity index (χ4n) is 1.20. The van der Waals surface area contributed by atoms with Gasteiger partial charge in [0.25, 0.3) is 0 Å². The second-order valence-corrected chi connectivity index (χ2v) is 4.09. The van der Waals surface area contributed by atoms with E-state index in [0.29, 0.717) is 18.1 Å². The second-order valence-electron chi connectivity index (χ2n) is 4.09. The van der Waals surface area contributed by atoms with Crippen molar-refractivity contribution in [1.82, 2.24) is 0 Å². The predicted octanol–water partition coefficient (Wildman–Crippen LogP) is 3.06. The topological polar surface area (TPSA) is 26.3 Å². The SMILES string of the molecule is CC(C)CCOCc1ccc(C=O)cc1. The molecule has 2 nitrogen and oxygen atoms in total. The molecule has 0 unspecified atom stereocenters. The van der Waals surface area contributed by atoms with Crippen molar-refractivity contribution in [2.75, 3.05) is 6.61 Å². The third-order valence-corrected chi connectivity index (χ3v) is 2.22. The van der Waals surface area contributed by atoms with Gasteiger partial charge in [-0.3, -0.25) is 4.79 Å². The summed E-state index contributed by atoms with van der Waals surface area (Å²) < 4.78 is 5.52. The van der Waals surface area contributed by atoms with Crippen molar-refractivity contribution in [3.05, 3.63) is 35.4 Å². The number of ether oxygens (including phenoxy) is 1. The summed E-state index contributed by atoms with van der Waals surface area (Å²) in [5.41, 5.74) is 1.82. The zero-order chi connectivity index (χ0) is 11.1. The summed E-state index contributed by atoms with van der Waals surface area (Å²) in [5, 5.41) is 0. The van der Waals surface area contributed by atoms with Crippen LogP contribution in [0.1, 0.15) is 36.2 Å². The second kappa shape index (κ2) is 6.36. The van der Waals surface area contributed by atoms with E-state index in [1.54, 1.807) is 0 Å². The van der Waals surface area contributed by atoms with Crippen molar-refractivity contribution >= 4 is 6.29 Å². The minimum Gasteiger partial charge on any atom is -0.377 e. The van der Waals surface area contributed by atoms with E-state index >= 15 is 0 Å². The van der Waals surface area contributed by atoms with Crippen LogP contribution in [0.2, 0.25) is 0 Å². The van der Waals surface area contributed by atoms with E-state index in [0.717, 1.165) is 24.9 Å². The Morgan fingerprint density at radius 3 is 2.47 bits per heavy atom. The Morgan fingerprint density at radius 1 is 1.27 bits per heavy atom. The summed E-state index contributed by atoms with van der Waals surface area (Å²) >= 11 is 0. The maximum absolute atomic E-state index is 10.4. The van der Waals surface area contributed by atoms with Crippen LogP contribution in [0.25, 0.3) is 0 Å². The summed E-state index contributed by atoms with van der Waals surface area (Å²) in [6.45, 7) is 5.80. The average Bonchev–Trinajstić information content (AvgIpc) is 2.25. The number of hydrogen-bond donors (Lipinski definition) is 0. The molecule has 0 heterocycles. The molecule has 1 rings (SSSR count). The van der Waals surface area contributed by atoms with Crippen LogP contribution in [0.15, 0.2) is 24.3 Å². The minimum atomic E-state index is 0.631. The molecule has 0 saturated heterocycles. The van der Waals surface area contributed by atoms with E-state index in [1.807, 2.05) is 24.3 Å². The molecule has 15 heavy (non-hydrogen) atoms. The van der Waals surface area contributed by atoms with Crippen molar-refractivity contribution in [3.8, 4) is 0 Å². The number of benzene rings is 1. The molecule has 0 radical (unpaired) electrons. The van der Waals surface area contributed by atoms with Crippen LogP contribution in [0.3, 0.4) is 0 Å². The molecule has 1 aromatic carbocycles. The summed E-state index contributed by atoms with van der Waals surface area (Å²) in [4.78, 5) is 10.4. The Labute approximate surface area is 91.3 Å². The van der Waals surface area contributed by atoms with Gasteiger partial charge in [-0.05, 0) is 17.9 Å². The van der Waals surface area contributed by atoms with Crippen molar-refractivity contribution in [2.24, 2.45) is 5.92 Å². The van der Waals surface area contributed by atoms with Crippen LogP contribution in [-0.4, -0.2) is 12.9 Å². The number of carbonyl (C=O) groups is 1. The lowest BCUT2D eigenvalue weighted by Crippen LogP contribution is -1.99. The molecule has 0 saturated carbocycles. The summed E-state index contributed by atoms with van der Waals surface area (Å²) in [6, 6.07) is 7.49. The fraction of sp³-hybridized carbons (Fsp3) is 0.462. The predicted molar refractivity (Wildman–Crippen MR) is 60.9 cm³/mol. The number of aldehydes is 1. The molecule has 0 atom stereocenters. The van der Waals surface area contributed by atoms with Gasteiger partial charge in [-0.25, -0.2) is 0 Å². The van der Waals surface area contributed by atoms with Gasteiger partial charge in [0.15, 0.2) is 0 Å². The van der Waals surface area contributed by atoms with Gasteiger partial charge in [-0.15, -0.1) is 0 Å². The van der Waals surface area contributed by atoms with Gasteiger partial charge in [0, 0.05) is 12.2 Å². The minimum absolute atomic E-state index is 0.631. The zero-order valence-electron chi connectivity index (χ0n) is 9.40. The molecule has 0 N–H and O–H groups in total. The van der Waals surface area contributed by atoms with E-state index in [9.17, 15) is 4.79 Å². The van der Waals surface area contributed by atoms with Crippen LogP contribution >= 0.6 is 0 Å². The van der Waals surface area contributed by atoms with Crippen LogP contribution in [0.5, 0.6) is 0 Å². The molecule has 0 aliphatic carbocycles. The van der Waals surface area contributed by atoms with E-state index in [2.05, 4.69) is 13.8 Å². The Bertz CT molecular complexity index is 288. The number of carbonyl (C=O) groups excluding carboxylic acids is 1. The molecule has 0 aliphatic heterocycles. The molecule has 82 valence electrons. The van der Waals surface area contributed by atoms with Crippen molar-refractivity contribution in [1.29, 1.82) is 0 Å². The Hall–Kier alpha value is -1.15. The lowest BCUT2D eigenvalue weighted by atomic mass is 10.1. The third kappa shape index (κ3) is 4.75. The first-order valence-electron chi connectivity index (χ1n) is 5.34. The molecule has 0 fully saturated rings. The van der Waals surface area contributed by atoms with Gasteiger partial charge in [0.05, 0.1) is 6.61 Å². The lowest BCUT2D eigenvalue weighted by molar-refractivity contribution is 0.110. The highest BCUT2D eigenvalue weighted by Crippen LogP contribution is 2.05. The molecule has 0 bridgehead atoms. The van der Waals surface area contributed by atoms with E-state index in [4.69, 9.17) is 4.74 Å². The van der Waals surface area contributed by atoms with Crippen molar-refractivity contribution in [3.63, 3.8) is 0 Å². The lowest BCUT2D eigenvalue weighted by Gasteiger charge is -2.06. The van der Waals surface area contributed by atoms with Crippen LogP contribution in [0, 0.1) is 5.92 Å². The first kappa shape index (κ1) is 11.9. The van der Waals surface area contributed by atoms with Crippen LogP contribution in [0.4, 0.5) is 0 Å². The maximum Gasteiger partial charge on any atom is 0.150 e. The van der Waals surface area contributed by atoms with Gasteiger partial charge < -0.3 is 4.74 Å². The molecule has 0 aliphatic rings. The van der Waals surface area contributed by atoms with Crippen molar-refractivity contribution in [2.45, 2.75) is 26.9 Å². The molecule has 2 heteroatoms. The molecular formula is C13H18O2. The van der Waals surface area contributed by atoms with Gasteiger partial charge in [-0.2, -0.15) is 0 Å². The highest BCUT2D eigenvalue weighted by atomic mass is 16.5.